The molecule has 0 heterocycles. The smallest absolute Gasteiger partial charge is 0.216 e. The highest BCUT2D eigenvalue weighted by atomic mass is 16.3. The Balaban J connectivity index is 2.75. The first kappa shape index (κ1) is 20.4. The Morgan fingerprint density at radius 2 is 1.04 bits per heavy atom. The maximum Gasteiger partial charge on any atom is 0.216 e. The predicted octanol–water partition coefficient (Wildman–Crippen LogP) is 0.189. The zero-order chi connectivity index (χ0) is 18.4. The zero-order valence-electron chi connectivity index (χ0n) is 15.2. The van der Waals surface area contributed by atoms with Gasteiger partial charge in [0.05, 0.1) is 41.4 Å². The molecule has 1 aromatic rings. The second-order valence-corrected chi connectivity index (χ2v) is 7.51. The lowest BCUT2D eigenvalue weighted by atomic mass is 10.0. The van der Waals surface area contributed by atoms with Crippen molar-refractivity contribution in [1.82, 2.24) is 0 Å². The van der Waals surface area contributed by atoms with Gasteiger partial charge in [0, 0.05) is 11.1 Å². The Morgan fingerprint density at radius 3 is 1.29 bits per heavy atom. The number of rotatable bonds is 10. The standard InChI is InChI=1S/C18H30N2O4/c1-19(2,9-11-21)13-17(23)15-5-7-16(8-6-15)18(24)14-20(3,4)10-12-22/h5-8,21-22H,9-14H2,1-4H3/q+2. The van der Waals surface area contributed by atoms with Gasteiger partial charge in [-0.2, -0.15) is 0 Å². The van der Waals surface area contributed by atoms with Crippen LogP contribution in [-0.2, 0) is 0 Å². The highest BCUT2D eigenvalue weighted by Gasteiger charge is 2.22. The van der Waals surface area contributed by atoms with Gasteiger partial charge in [-0.05, 0) is 0 Å². The molecule has 0 aliphatic carbocycles. The SMILES string of the molecule is C[N+](C)(CCO)CC(=O)c1ccc(C(=O)C[N+](C)(C)CCO)cc1. The summed E-state index contributed by atoms with van der Waals surface area (Å²) in [6.07, 6.45) is 0. The molecule has 0 saturated carbocycles. The van der Waals surface area contributed by atoms with Gasteiger partial charge in [0.1, 0.15) is 26.2 Å². The van der Waals surface area contributed by atoms with Crippen molar-refractivity contribution < 1.29 is 28.8 Å². The number of carbonyl (C=O) groups excluding carboxylic acids is 2. The average molecular weight is 338 g/mol. The molecule has 24 heavy (non-hydrogen) atoms. The summed E-state index contributed by atoms with van der Waals surface area (Å²) in [6, 6.07) is 6.72. The Hall–Kier alpha value is -1.60. The third-order valence-electron chi connectivity index (χ3n) is 4.08. The second kappa shape index (κ2) is 8.48. The fourth-order valence-electron chi connectivity index (χ4n) is 2.50. The van der Waals surface area contributed by atoms with E-state index in [4.69, 9.17) is 10.2 Å². The van der Waals surface area contributed by atoms with E-state index in [0.29, 0.717) is 46.3 Å². The van der Waals surface area contributed by atoms with Crippen LogP contribution < -0.4 is 0 Å². The van der Waals surface area contributed by atoms with Crippen LogP contribution in [0.25, 0.3) is 0 Å². The first-order chi connectivity index (χ1) is 11.1. The number of carbonyl (C=O) groups is 2. The van der Waals surface area contributed by atoms with Crippen LogP contribution in [0.5, 0.6) is 0 Å². The van der Waals surface area contributed by atoms with Gasteiger partial charge >= 0.3 is 0 Å². The summed E-state index contributed by atoms with van der Waals surface area (Å²) < 4.78 is 0.839. The highest BCUT2D eigenvalue weighted by molar-refractivity contribution is 6.00. The Kier molecular flexibility index (Phi) is 7.23. The molecule has 0 spiro atoms. The molecular formula is C18H30N2O4+2. The predicted molar refractivity (Wildman–Crippen MR) is 93.0 cm³/mol. The number of aliphatic hydroxyl groups excluding tert-OH is 2. The van der Waals surface area contributed by atoms with Crippen molar-refractivity contribution in [3.63, 3.8) is 0 Å². The molecule has 1 aromatic carbocycles. The van der Waals surface area contributed by atoms with Crippen LogP contribution in [0.4, 0.5) is 0 Å². The van der Waals surface area contributed by atoms with E-state index in [9.17, 15) is 9.59 Å². The van der Waals surface area contributed by atoms with Crippen molar-refractivity contribution in [1.29, 1.82) is 0 Å². The number of hydrogen-bond acceptors (Lipinski definition) is 4. The van der Waals surface area contributed by atoms with Crippen LogP contribution in [0.1, 0.15) is 20.7 Å². The van der Waals surface area contributed by atoms with Gasteiger partial charge in [0.2, 0.25) is 11.6 Å². The molecule has 6 heteroatoms. The zero-order valence-corrected chi connectivity index (χ0v) is 15.2. The largest absolute Gasteiger partial charge is 0.391 e. The molecule has 0 fully saturated rings. The Bertz CT molecular complexity index is 514. The summed E-state index contributed by atoms with van der Waals surface area (Å²) in [4.78, 5) is 24.6. The van der Waals surface area contributed by atoms with E-state index in [2.05, 4.69) is 0 Å². The number of ketones is 2. The summed E-state index contributed by atoms with van der Waals surface area (Å²) in [7, 11) is 7.58. The van der Waals surface area contributed by atoms with Gasteiger partial charge in [-0.15, -0.1) is 0 Å². The maximum absolute atomic E-state index is 12.3. The van der Waals surface area contributed by atoms with Crippen LogP contribution >= 0.6 is 0 Å². The van der Waals surface area contributed by atoms with Gasteiger partial charge in [-0.25, -0.2) is 0 Å². The Morgan fingerprint density at radius 1 is 0.750 bits per heavy atom. The van der Waals surface area contributed by atoms with Crippen LogP contribution in [0, 0.1) is 0 Å². The molecule has 0 bridgehead atoms. The normalized spacial score (nSPS) is 12.2. The summed E-state index contributed by atoms with van der Waals surface area (Å²) in [5.41, 5.74) is 1.14. The number of benzene rings is 1. The summed E-state index contributed by atoms with van der Waals surface area (Å²) in [6.45, 7) is 1.70. The quantitative estimate of drug-likeness (QED) is 0.472. The maximum atomic E-state index is 12.3. The lowest BCUT2D eigenvalue weighted by molar-refractivity contribution is -0.882. The molecule has 134 valence electrons. The molecule has 0 aliphatic rings. The number of Topliss-reactive ketones (excluding diaryl/α,β-unsaturated/α-hetero) is 2. The lowest BCUT2D eigenvalue weighted by Gasteiger charge is -2.28. The van der Waals surface area contributed by atoms with E-state index in [1.807, 2.05) is 28.2 Å². The van der Waals surface area contributed by atoms with Crippen molar-refractivity contribution in [3.05, 3.63) is 35.4 Å². The van der Waals surface area contributed by atoms with E-state index < -0.39 is 0 Å². The van der Waals surface area contributed by atoms with Gasteiger partial charge in [-0.1, -0.05) is 24.3 Å². The van der Waals surface area contributed by atoms with Crippen molar-refractivity contribution in [2.24, 2.45) is 0 Å². The average Bonchev–Trinajstić information content (AvgIpc) is 2.46. The third kappa shape index (κ3) is 6.49. The Labute approximate surface area is 144 Å². The molecule has 2 N–H and O–H groups in total. The van der Waals surface area contributed by atoms with Crippen molar-refractivity contribution in [2.75, 3.05) is 67.6 Å². The number of nitrogens with zero attached hydrogens (tertiary/aromatic N) is 2. The number of aliphatic hydroxyl groups is 2. The molecular weight excluding hydrogens is 308 g/mol. The molecule has 0 atom stereocenters. The minimum absolute atomic E-state index is 0.0103. The van der Waals surface area contributed by atoms with E-state index in [0.717, 1.165) is 0 Å². The van der Waals surface area contributed by atoms with Crippen molar-refractivity contribution in [2.45, 2.75) is 0 Å². The molecule has 0 saturated heterocycles. The van der Waals surface area contributed by atoms with E-state index in [1.165, 1.54) is 0 Å². The molecule has 1 rings (SSSR count). The fourth-order valence-corrected chi connectivity index (χ4v) is 2.50. The van der Waals surface area contributed by atoms with Gasteiger partial charge in [-0.3, -0.25) is 9.59 Å². The second-order valence-electron chi connectivity index (χ2n) is 7.51. The van der Waals surface area contributed by atoms with Crippen LogP contribution in [0.15, 0.2) is 24.3 Å². The lowest BCUT2D eigenvalue weighted by Crippen LogP contribution is -2.46. The molecule has 0 radical (unpaired) electrons. The molecule has 0 amide bonds. The van der Waals surface area contributed by atoms with E-state index in [1.54, 1.807) is 24.3 Å². The summed E-state index contributed by atoms with van der Waals surface area (Å²) in [5.74, 6) is -0.0207. The molecule has 0 aromatic heterocycles. The molecule has 0 unspecified atom stereocenters. The van der Waals surface area contributed by atoms with Crippen molar-refractivity contribution in [3.8, 4) is 0 Å². The number of quaternary nitrogens is 2. The van der Waals surface area contributed by atoms with Crippen LogP contribution in [0.2, 0.25) is 0 Å². The van der Waals surface area contributed by atoms with E-state index >= 15 is 0 Å². The first-order valence-corrected chi connectivity index (χ1v) is 8.12. The topological polar surface area (TPSA) is 74.6 Å². The monoisotopic (exact) mass is 338 g/mol. The van der Waals surface area contributed by atoms with Gasteiger partial charge < -0.3 is 19.2 Å². The van der Waals surface area contributed by atoms with Gasteiger partial charge in [0.15, 0.2) is 0 Å². The number of hydrogen-bond donors (Lipinski definition) is 2. The van der Waals surface area contributed by atoms with Crippen LogP contribution in [0.3, 0.4) is 0 Å². The number of likely N-dealkylation sites (N-methyl/N-ethyl adjacent to an activating group) is 2. The first-order valence-electron chi connectivity index (χ1n) is 8.12. The molecule has 6 nitrogen and oxygen atoms in total. The minimum Gasteiger partial charge on any atom is -0.391 e. The van der Waals surface area contributed by atoms with E-state index in [-0.39, 0.29) is 24.8 Å². The van der Waals surface area contributed by atoms with Gasteiger partial charge in [0.25, 0.3) is 0 Å². The summed E-state index contributed by atoms with van der Waals surface area (Å²) in [5, 5.41) is 18.1. The third-order valence-corrected chi connectivity index (χ3v) is 4.08. The molecule has 0 aliphatic heterocycles. The van der Waals surface area contributed by atoms with Crippen molar-refractivity contribution >= 4 is 11.6 Å². The van der Waals surface area contributed by atoms with Crippen LogP contribution in [-0.4, -0.2) is 98.3 Å². The minimum atomic E-state index is -0.0103. The summed E-state index contributed by atoms with van der Waals surface area (Å²) >= 11 is 0. The highest BCUT2D eigenvalue weighted by Crippen LogP contribution is 2.10. The fraction of sp³-hybridized carbons (Fsp3) is 0.556.